The van der Waals surface area contributed by atoms with E-state index in [2.05, 4.69) is 4.74 Å². The molecule has 0 radical (unpaired) electrons. The number of carbonyl (C=O) groups is 2. The molecule has 0 amide bonds. The fourth-order valence-electron chi connectivity index (χ4n) is 1.00. The number of esters is 1. The third kappa shape index (κ3) is 1.57. The van der Waals surface area contributed by atoms with Crippen molar-refractivity contribution < 1.29 is 27.5 Å². The quantitative estimate of drug-likeness (QED) is 0.442. The summed E-state index contributed by atoms with van der Waals surface area (Å²) < 4.78 is 40.1. The summed E-state index contributed by atoms with van der Waals surface area (Å²) in [6.07, 6.45) is -6.95. The van der Waals surface area contributed by atoms with Crippen LogP contribution in [0.2, 0.25) is 0 Å². The van der Waals surface area contributed by atoms with E-state index in [0.29, 0.717) is 0 Å². The van der Waals surface area contributed by atoms with E-state index in [1.165, 1.54) is 0 Å². The Hall–Kier alpha value is -1.07. The summed E-state index contributed by atoms with van der Waals surface area (Å²) in [6.45, 7) is 0. The van der Waals surface area contributed by atoms with Gasteiger partial charge in [0.15, 0.2) is 12.4 Å². The standard InChI is InChI=1S/C6H5F3O3/c7-6(8,9)3-1-5(11)12-4(3)2-10/h2-4H,1H2. The molecular weight excluding hydrogens is 177 g/mol. The molecule has 0 bridgehead atoms. The first-order chi connectivity index (χ1) is 5.45. The second kappa shape index (κ2) is 2.76. The van der Waals surface area contributed by atoms with Gasteiger partial charge in [-0.05, 0) is 0 Å². The van der Waals surface area contributed by atoms with E-state index >= 15 is 0 Å². The van der Waals surface area contributed by atoms with Crippen LogP contribution in [-0.2, 0) is 14.3 Å². The van der Waals surface area contributed by atoms with Gasteiger partial charge in [0.1, 0.15) is 5.92 Å². The molecule has 68 valence electrons. The third-order valence-corrected chi connectivity index (χ3v) is 1.61. The van der Waals surface area contributed by atoms with Crippen LogP contribution in [0, 0.1) is 5.92 Å². The molecule has 2 unspecified atom stereocenters. The number of carbonyl (C=O) groups excluding carboxylic acids is 2. The molecule has 1 aliphatic heterocycles. The van der Waals surface area contributed by atoms with Crippen molar-refractivity contribution in [1.82, 2.24) is 0 Å². The zero-order valence-corrected chi connectivity index (χ0v) is 5.80. The second-order valence-electron chi connectivity index (χ2n) is 2.44. The molecule has 0 aromatic heterocycles. The van der Waals surface area contributed by atoms with Gasteiger partial charge in [-0.15, -0.1) is 0 Å². The zero-order chi connectivity index (χ0) is 9.35. The lowest BCUT2D eigenvalue weighted by Crippen LogP contribution is -2.31. The van der Waals surface area contributed by atoms with Crippen molar-refractivity contribution in [3.8, 4) is 0 Å². The van der Waals surface area contributed by atoms with Gasteiger partial charge < -0.3 is 4.74 Å². The lowest BCUT2D eigenvalue weighted by atomic mass is 10.0. The second-order valence-corrected chi connectivity index (χ2v) is 2.44. The molecule has 1 heterocycles. The average molecular weight is 182 g/mol. The van der Waals surface area contributed by atoms with Crippen LogP contribution in [0.1, 0.15) is 6.42 Å². The summed E-state index contributed by atoms with van der Waals surface area (Å²) in [5.74, 6) is -2.95. The molecule has 1 fully saturated rings. The monoisotopic (exact) mass is 182 g/mol. The minimum absolute atomic E-state index is 0.00303. The van der Waals surface area contributed by atoms with Gasteiger partial charge in [0.05, 0.1) is 6.42 Å². The normalized spacial score (nSPS) is 30.1. The van der Waals surface area contributed by atoms with Gasteiger partial charge >= 0.3 is 12.1 Å². The SMILES string of the molecule is O=CC1OC(=O)CC1C(F)(F)F. The molecule has 1 saturated heterocycles. The molecule has 0 aromatic rings. The van der Waals surface area contributed by atoms with Crippen LogP contribution in [-0.4, -0.2) is 24.5 Å². The molecule has 1 aliphatic rings. The van der Waals surface area contributed by atoms with Crippen LogP contribution in [0.15, 0.2) is 0 Å². The van der Waals surface area contributed by atoms with E-state index in [1.807, 2.05) is 0 Å². The summed E-state index contributed by atoms with van der Waals surface area (Å²) in [5, 5.41) is 0. The predicted molar refractivity (Wildman–Crippen MR) is 30.1 cm³/mol. The molecule has 0 N–H and O–H groups in total. The van der Waals surface area contributed by atoms with Gasteiger partial charge in [-0.2, -0.15) is 13.2 Å². The molecule has 0 aliphatic carbocycles. The van der Waals surface area contributed by atoms with E-state index in [1.54, 1.807) is 0 Å². The van der Waals surface area contributed by atoms with Crippen molar-refractivity contribution in [3.63, 3.8) is 0 Å². The average Bonchev–Trinajstić information content (AvgIpc) is 2.29. The van der Waals surface area contributed by atoms with Gasteiger partial charge in [0.25, 0.3) is 0 Å². The van der Waals surface area contributed by atoms with E-state index in [-0.39, 0.29) is 6.29 Å². The predicted octanol–water partition coefficient (Wildman–Crippen LogP) is 0.679. The van der Waals surface area contributed by atoms with Crippen molar-refractivity contribution in [2.24, 2.45) is 5.92 Å². The van der Waals surface area contributed by atoms with Crippen LogP contribution in [0.3, 0.4) is 0 Å². The first kappa shape index (κ1) is 9.02. The van der Waals surface area contributed by atoms with Gasteiger partial charge in [0, 0.05) is 0 Å². The maximum atomic E-state index is 12.0. The topological polar surface area (TPSA) is 43.4 Å². The van der Waals surface area contributed by atoms with Crippen LogP contribution in [0.5, 0.6) is 0 Å². The Balaban J connectivity index is 2.77. The van der Waals surface area contributed by atoms with Gasteiger partial charge in [-0.1, -0.05) is 0 Å². The Bertz CT molecular complexity index is 211. The third-order valence-electron chi connectivity index (χ3n) is 1.61. The molecule has 1 rings (SSSR count). The number of hydrogen-bond donors (Lipinski definition) is 0. The Morgan fingerprint density at radius 1 is 1.50 bits per heavy atom. The number of aldehydes is 1. The smallest absolute Gasteiger partial charge is 0.396 e. The fraction of sp³-hybridized carbons (Fsp3) is 0.667. The molecule has 3 nitrogen and oxygen atoms in total. The Kier molecular flexibility index (Phi) is 2.08. The maximum absolute atomic E-state index is 12.0. The van der Waals surface area contributed by atoms with Crippen LogP contribution < -0.4 is 0 Å². The van der Waals surface area contributed by atoms with E-state index in [0.717, 1.165) is 0 Å². The molecule has 0 saturated carbocycles. The minimum atomic E-state index is -4.54. The number of hydrogen-bond acceptors (Lipinski definition) is 3. The van der Waals surface area contributed by atoms with Crippen molar-refractivity contribution in [3.05, 3.63) is 0 Å². The van der Waals surface area contributed by atoms with Gasteiger partial charge in [0.2, 0.25) is 0 Å². The van der Waals surface area contributed by atoms with E-state index in [4.69, 9.17) is 0 Å². The number of rotatable bonds is 1. The Morgan fingerprint density at radius 3 is 2.42 bits per heavy atom. The minimum Gasteiger partial charge on any atom is -0.454 e. The largest absolute Gasteiger partial charge is 0.454 e. The zero-order valence-electron chi connectivity index (χ0n) is 5.80. The summed E-state index contributed by atoms with van der Waals surface area (Å²) in [6, 6.07) is 0. The van der Waals surface area contributed by atoms with Gasteiger partial charge in [-0.3, -0.25) is 9.59 Å². The molecular formula is C6H5F3O3. The van der Waals surface area contributed by atoms with Crippen molar-refractivity contribution in [1.29, 1.82) is 0 Å². The first-order valence-corrected chi connectivity index (χ1v) is 3.16. The molecule has 6 heteroatoms. The van der Waals surface area contributed by atoms with Crippen molar-refractivity contribution in [2.45, 2.75) is 18.7 Å². The number of cyclic esters (lactones) is 1. The van der Waals surface area contributed by atoms with Crippen LogP contribution in [0.25, 0.3) is 0 Å². The maximum Gasteiger partial charge on any atom is 0.396 e. The van der Waals surface area contributed by atoms with E-state index < -0.39 is 30.6 Å². The number of alkyl halides is 3. The molecule has 12 heavy (non-hydrogen) atoms. The first-order valence-electron chi connectivity index (χ1n) is 3.16. The summed E-state index contributed by atoms with van der Waals surface area (Å²) in [7, 11) is 0. The molecule has 2 atom stereocenters. The highest BCUT2D eigenvalue weighted by molar-refractivity contribution is 5.77. The number of halogens is 3. The lowest BCUT2D eigenvalue weighted by Gasteiger charge is -2.14. The highest BCUT2D eigenvalue weighted by atomic mass is 19.4. The van der Waals surface area contributed by atoms with E-state index in [9.17, 15) is 22.8 Å². The lowest BCUT2D eigenvalue weighted by molar-refractivity contribution is -0.185. The summed E-state index contributed by atoms with van der Waals surface area (Å²) >= 11 is 0. The highest BCUT2D eigenvalue weighted by Crippen LogP contribution is 2.36. The van der Waals surface area contributed by atoms with Crippen LogP contribution in [0.4, 0.5) is 13.2 Å². The highest BCUT2D eigenvalue weighted by Gasteiger charge is 2.51. The summed E-state index contributed by atoms with van der Waals surface area (Å²) in [5.41, 5.74) is 0. The van der Waals surface area contributed by atoms with Gasteiger partial charge in [-0.25, -0.2) is 0 Å². The Labute approximate surface area is 65.5 Å². The number of ether oxygens (including phenoxy) is 1. The Morgan fingerprint density at radius 2 is 2.08 bits per heavy atom. The van der Waals surface area contributed by atoms with Crippen molar-refractivity contribution in [2.75, 3.05) is 0 Å². The molecule has 0 spiro atoms. The fourth-order valence-corrected chi connectivity index (χ4v) is 1.00. The summed E-state index contributed by atoms with van der Waals surface area (Å²) in [4.78, 5) is 20.4. The van der Waals surface area contributed by atoms with Crippen molar-refractivity contribution >= 4 is 12.3 Å². The molecule has 0 aromatic carbocycles. The van der Waals surface area contributed by atoms with Crippen LogP contribution >= 0.6 is 0 Å².